The van der Waals surface area contributed by atoms with Gasteiger partial charge in [-0.05, 0) is 6.42 Å². The fraction of sp³-hybridized carbons (Fsp3) is 0.500. The van der Waals surface area contributed by atoms with Crippen LogP contribution in [0.2, 0.25) is 0 Å². The molecule has 0 saturated heterocycles. The molecule has 1 aromatic rings. The Morgan fingerprint density at radius 2 is 1.71 bits per heavy atom. The van der Waals surface area contributed by atoms with Crippen molar-refractivity contribution in [3.8, 4) is 17.2 Å². The van der Waals surface area contributed by atoms with Crippen molar-refractivity contribution >= 4 is 18.3 Å². The molecule has 1 rings (SSSR count). The standard InChI is InChI=1S/C14H22N2O4.ClH/c1-18-10-8-12(19-2)11(13(9-10)20-3)5-7-16-14(17)4-6-15;/h8-9H,4-7,15H2,1-3H3,(H,16,17);1H. The van der Waals surface area contributed by atoms with E-state index in [-0.39, 0.29) is 18.3 Å². The lowest BCUT2D eigenvalue weighted by Gasteiger charge is -2.15. The first-order chi connectivity index (χ1) is 9.65. The molecular weight excluding hydrogens is 296 g/mol. The van der Waals surface area contributed by atoms with Crippen LogP contribution in [0.5, 0.6) is 17.2 Å². The Kier molecular flexibility index (Phi) is 9.32. The van der Waals surface area contributed by atoms with Gasteiger partial charge in [0.1, 0.15) is 17.2 Å². The molecule has 3 N–H and O–H groups in total. The Morgan fingerprint density at radius 3 is 2.14 bits per heavy atom. The molecule has 0 aromatic heterocycles. The van der Waals surface area contributed by atoms with Gasteiger partial charge in [0.25, 0.3) is 0 Å². The molecular formula is C14H23ClN2O4. The van der Waals surface area contributed by atoms with Crippen molar-refractivity contribution in [2.24, 2.45) is 5.73 Å². The molecule has 0 aliphatic carbocycles. The number of rotatable bonds is 8. The molecule has 0 aliphatic rings. The Labute approximate surface area is 131 Å². The number of nitrogens with two attached hydrogens (primary N) is 1. The highest BCUT2D eigenvalue weighted by atomic mass is 35.5. The van der Waals surface area contributed by atoms with Gasteiger partial charge in [-0.3, -0.25) is 4.79 Å². The number of carbonyl (C=O) groups excluding carboxylic acids is 1. The van der Waals surface area contributed by atoms with Crippen molar-refractivity contribution in [1.82, 2.24) is 5.32 Å². The minimum absolute atomic E-state index is 0. The fourth-order valence-corrected chi connectivity index (χ4v) is 1.87. The van der Waals surface area contributed by atoms with Crippen LogP contribution in [0.4, 0.5) is 0 Å². The van der Waals surface area contributed by atoms with E-state index < -0.39 is 0 Å². The molecule has 1 aromatic carbocycles. The summed E-state index contributed by atoms with van der Waals surface area (Å²) in [5, 5.41) is 2.80. The summed E-state index contributed by atoms with van der Waals surface area (Å²) in [7, 11) is 4.76. The molecule has 7 heteroatoms. The first-order valence-electron chi connectivity index (χ1n) is 6.41. The maximum absolute atomic E-state index is 11.4. The van der Waals surface area contributed by atoms with E-state index in [1.54, 1.807) is 33.5 Å². The quantitative estimate of drug-likeness (QED) is 0.751. The highest BCUT2D eigenvalue weighted by molar-refractivity contribution is 5.85. The van der Waals surface area contributed by atoms with Crippen LogP contribution in [-0.4, -0.2) is 40.3 Å². The average molecular weight is 319 g/mol. The average Bonchev–Trinajstić information content (AvgIpc) is 2.47. The molecule has 21 heavy (non-hydrogen) atoms. The monoisotopic (exact) mass is 318 g/mol. The topological polar surface area (TPSA) is 82.8 Å². The van der Waals surface area contributed by atoms with E-state index in [2.05, 4.69) is 5.32 Å². The lowest BCUT2D eigenvalue weighted by Crippen LogP contribution is -2.27. The SMILES string of the molecule is COc1cc(OC)c(CCNC(=O)CCN)c(OC)c1.Cl. The molecule has 0 bridgehead atoms. The van der Waals surface area contributed by atoms with Gasteiger partial charge in [-0.1, -0.05) is 0 Å². The number of benzene rings is 1. The van der Waals surface area contributed by atoms with Crippen LogP contribution in [0.25, 0.3) is 0 Å². The smallest absolute Gasteiger partial charge is 0.221 e. The number of hydrogen-bond donors (Lipinski definition) is 2. The zero-order valence-electron chi connectivity index (χ0n) is 12.6. The van der Waals surface area contributed by atoms with Crippen molar-refractivity contribution in [2.45, 2.75) is 12.8 Å². The second kappa shape index (κ2) is 10.1. The van der Waals surface area contributed by atoms with Crippen LogP contribution in [0.15, 0.2) is 12.1 Å². The molecule has 0 radical (unpaired) electrons. The van der Waals surface area contributed by atoms with Gasteiger partial charge in [-0.2, -0.15) is 0 Å². The van der Waals surface area contributed by atoms with Crippen molar-refractivity contribution in [3.05, 3.63) is 17.7 Å². The minimum Gasteiger partial charge on any atom is -0.496 e. The molecule has 0 fully saturated rings. The largest absolute Gasteiger partial charge is 0.496 e. The van der Waals surface area contributed by atoms with Crippen molar-refractivity contribution in [1.29, 1.82) is 0 Å². The van der Waals surface area contributed by atoms with E-state index in [0.29, 0.717) is 43.2 Å². The number of amides is 1. The maximum atomic E-state index is 11.4. The van der Waals surface area contributed by atoms with Crippen LogP contribution in [-0.2, 0) is 11.2 Å². The zero-order chi connectivity index (χ0) is 15.0. The number of hydrogen-bond acceptors (Lipinski definition) is 5. The zero-order valence-corrected chi connectivity index (χ0v) is 13.4. The highest BCUT2D eigenvalue weighted by Gasteiger charge is 2.13. The number of halogens is 1. The summed E-state index contributed by atoms with van der Waals surface area (Å²) in [6.45, 7) is 0.846. The molecule has 120 valence electrons. The third-order valence-corrected chi connectivity index (χ3v) is 2.89. The van der Waals surface area contributed by atoms with Gasteiger partial charge in [0.2, 0.25) is 5.91 Å². The number of methoxy groups -OCH3 is 3. The lowest BCUT2D eigenvalue weighted by atomic mass is 10.1. The number of carbonyl (C=O) groups is 1. The van der Waals surface area contributed by atoms with Gasteiger partial charge < -0.3 is 25.3 Å². The van der Waals surface area contributed by atoms with Gasteiger partial charge in [0.05, 0.1) is 21.3 Å². The fourth-order valence-electron chi connectivity index (χ4n) is 1.87. The Bertz CT molecular complexity index is 430. The van der Waals surface area contributed by atoms with Gasteiger partial charge >= 0.3 is 0 Å². The molecule has 0 spiro atoms. The third-order valence-electron chi connectivity index (χ3n) is 2.89. The van der Waals surface area contributed by atoms with Crippen LogP contribution < -0.4 is 25.3 Å². The first kappa shape index (κ1) is 19.3. The summed E-state index contributed by atoms with van der Waals surface area (Å²) in [5.74, 6) is 1.96. The summed E-state index contributed by atoms with van der Waals surface area (Å²) in [6.07, 6.45) is 0.934. The summed E-state index contributed by atoms with van der Waals surface area (Å²) in [6, 6.07) is 3.58. The second-order valence-electron chi connectivity index (χ2n) is 4.15. The van der Waals surface area contributed by atoms with E-state index in [9.17, 15) is 4.79 Å². The van der Waals surface area contributed by atoms with Crippen molar-refractivity contribution in [3.63, 3.8) is 0 Å². The molecule has 0 aliphatic heterocycles. The Hall–Kier alpha value is -1.66. The lowest BCUT2D eigenvalue weighted by molar-refractivity contribution is -0.120. The van der Waals surface area contributed by atoms with Gasteiger partial charge in [0, 0.05) is 37.2 Å². The molecule has 0 atom stereocenters. The normalized spacial score (nSPS) is 9.52. The van der Waals surface area contributed by atoms with Crippen LogP contribution in [0.1, 0.15) is 12.0 Å². The van der Waals surface area contributed by atoms with E-state index in [1.807, 2.05) is 0 Å². The van der Waals surface area contributed by atoms with Crippen LogP contribution >= 0.6 is 12.4 Å². The predicted octanol–water partition coefficient (Wildman–Crippen LogP) is 1.14. The molecule has 0 heterocycles. The summed E-state index contributed by atoms with van der Waals surface area (Å²) < 4.78 is 15.9. The maximum Gasteiger partial charge on any atom is 0.221 e. The van der Waals surface area contributed by atoms with E-state index in [0.717, 1.165) is 5.56 Å². The van der Waals surface area contributed by atoms with Crippen LogP contribution in [0, 0.1) is 0 Å². The van der Waals surface area contributed by atoms with Gasteiger partial charge in [-0.15, -0.1) is 12.4 Å². The number of ether oxygens (including phenoxy) is 3. The highest BCUT2D eigenvalue weighted by Crippen LogP contribution is 2.34. The summed E-state index contributed by atoms with van der Waals surface area (Å²) in [4.78, 5) is 11.4. The Morgan fingerprint density at radius 1 is 1.14 bits per heavy atom. The van der Waals surface area contributed by atoms with Crippen LogP contribution in [0.3, 0.4) is 0 Å². The molecule has 0 saturated carbocycles. The molecule has 0 unspecified atom stereocenters. The second-order valence-corrected chi connectivity index (χ2v) is 4.15. The third kappa shape index (κ3) is 5.69. The number of nitrogens with one attached hydrogen (secondary N) is 1. The molecule has 6 nitrogen and oxygen atoms in total. The minimum atomic E-state index is -0.0565. The Balaban J connectivity index is 0.00000400. The summed E-state index contributed by atoms with van der Waals surface area (Å²) in [5.41, 5.74) is 6.21. The van der Waals surface area contributed by atoms with E-state index >= 15 is 0 Å². The molecule has 1 amide bonds. The van der Waals surface area contributed by atoms with Crippen molar-refractivity contribution in [2.75, 3.05) is 34.4 Å². The van der Waals surface area contributed by atoms with Gasteiger partial charge in [0.15, 0.2) is 0 Å². The first-order valence-corrected chi connectivity index (χ1v) is 6.41. The van der Waals surface area contributed by atoms with Gasteiger partial charge in [-0.25, -0.2) is 0 Å². The van der Waals surface area contributed by atoms with Crippen molar-refractivity contribution < 1.29 is 19.0 Å². The van der Waals surface area contributed by atoms with E-state index in [4.69, 9.17) is 19.9 Å². The van der Waals surface area contributed by atoms with E-state index in [1.165, 1.54) is 0 Å². The predicted molar refractivity (Wildman–Crippen MR) is 83.7 cm³/mol. The summed E-state index contributed by atoms with van der Waals surface area (Å²) >= 11 is 0.